The van der Waals surface area contributed by atoms with Gasteiger partial charge in [-0.05, 0) is 0 Å². The number of rotatable bonds is 0. The van der Waals surface area contributed by atoms with Gasteiger partial charge < -0.3 is 17.9 Å². The van der Waals surface area contributed by atoms with Crippen LogP contribution in [-0.2, 0) is 28.2 Å². The Bertz CT molecular complexity index is 405. The van der Waals surface area contributed by atoms with Crippen LogP contribution in [0.15, 0.2) is 24.8 Å². The van der Waals surface area contributed by atoms with Crippen LogP contribution >= 0.6 is 0 Å². The molecular weight excluding hydrogens is 271 g/mol. The molecular formula is C12H26ClFN4O. The molecule has 7 heteroatoms. The van der Waals surface area contributed by atoms with E-state index in [2.05, 4.69) is 32.1 Å². The van der Waals surface area contributed by atoms with Gasteiger partial charge in [-0.3, -0.25) is 4.70 Å². The molecule has 2 heterocycles. The third-order valence-electron chi connectivity index (χ3n) is 3.07. The Hall–Kier alpha value is -1.40. The van der Waals surface area contributed by atoms with Crippen LogP contribution < -0.4 is 21.5 Å². The van der Waals surface area contributed by atoms with Crippen molar-refractivity contribution in [3.05, 3.63) is 36.4 Å². The standard InChI is InChI=1S/2C6H11N2.ClH.FH.H2O.H2/c2*1-6-7(2)4-5-8(6)3;;;;/h2*4-5H,1-3H3;2*1H;1H2;1H/q2*+1;;;;/p-2/i;;;;;1+2. The fourth-order valence-corrected chi connectivity index (χ4v) is 1.33. The highest BCUT2D eigenvalue weighted by Gasteiger charge is 2.01. The summed E-state index contributed by atoms with van der Waals surface area (Å²) in [5, 5.41) is 0. The SMILES string of the molecule is Cc1n(C)cc[n+]1C.Cc1n(C)cc[n+]1C.F.[3HH].[Cl-].[OH-]. The molecule has 2 aromatic heterocycles. The van der Waals surface area contributed by atoms with Gasteiger partial charge in [0.2, 0.25) is 0 Å². The van der Waals surface area contributed by atoms with Gasteiger partial charge in [-0.15, -0.1) is 0 Å². The Balaban J connectivity index is -0.000000107. The van der Waals surface area contributed by atoms with Crippen LogP contribution in [0.3, 0.4) is 0 Å². The summed E-state index contributed by atoms with van der Waals surface area (Å²) in [7, 11) is 8.15. The number of hydrogen-bond donors (Lipinski definition) is 0. The smallest absolute Gasteiger partial charge is 0.252 e. The summed E-state index contributed by atoms with van der Waals surface area (Å²) in [5.41, 5.74) is 0. The highest BCUT2D eigenvalue weighted by molar-refractivity contribution is 4.76. The average Bonchev–Trinajstić information content (AvgIpc) is 2.70. The van der Waals surface area contributed by atoms with E-state index in [-0.39, 0.29) is 24.0 Å². The summed E-state index contributed by atoms with van der Waals surface area (Å²) in [6, 6.07) is 0. The molecule has 0 aliphatic rings. The van der Waals surface area contributed by atoms with Crippen molar-refractivity contribution in [2.45, 2.75) is 13.8 Å². The Morgan fingerprint density at radius 2 is 1.16 bits per heavy atom. The molecule has 0 atom stereocenters. The lowest BCUT2D eigenvalue weighted by molar-refractivity contribution is -0.677. The maximum absolute atomic E-state index is 2.08. The van der Waals surface area contributed by atoms with Gasteiger partial charge in [-0.25, -0.2) is 18.3 Å². The lowest BCUT2D eigenvalue weighted by Crippen LogP contribution is -3.00. The lowest BCUT2D eigenvalue weighted by Gasteiger charge is -1.84. The molecule has 0 bridgehead atoms. The van der Waals surface area contributed by atoms with E-state index in [1.807, 2.05) is 53.0 Å². The zero-order valence-corrected chi connectivity index (χ0v) is 13.1. The number of hydrogen-bond acceptors (Lipinski definition) is 1. The van der Waals surface area contributed by atoms with E-state index in [1.165, 1.54) is 11.6 Å². The first-order valence-corrected chi connectivity index (χ1v) is 5.38. The quantitative estimate of drug-likeness (QED) is 0.498. The van der Waals surface area contributed by atoms with Crippen LogP contribution in [0.5, 0.6) is 0 Å². The monoisotopic (exact) mass is 298 g/mol. The van der Waals surface area contributed by atoms with Crippen LogP contribution in [-0.4, -0.2) is 14.6 Å². The van der Waals surface area contributed by atoms with Gasteiger partial charge >= 0.3 is 0 Å². The summed E-state index contributed by atoms with van der Waals surface area (Å²) in [5.74, 6) is 2.54. The van der Waals surface area contributed by atoms with Crippen molar-refractivity contribution in [1.82, 2.24) is 9.13 Å². The summed E-state index contributed by atoms with van der Waals surface area (Å²) in [6.07, 6.45) is 8.15. The minimum absolute atomic E-state index is 0. The molecule has 0 saturated carbocycles. The molecule has 0 aliphatic heterocycles. The fourth-order valence-electron chi connectivity index (χ4n) is 1.33. The molecule has 2 rings (SSSR count). The van der Waals surface area contributed by atoms with E-state index >= 15 is 0 Å². The summed E-state index contributed by atoms with van der Waals surface area (Å²) >= 11 is 0. The predicted octanol–water partition coefficient (Wildman–Crippen LogP) is -2.46. The van der Waals surface area contributed by atoms with E-state index in [9.17, 15) is 0 Å². The van der Waals surface area contributed by atoms with Gasteiger partial charge in [0.1, 0.15) is 24.8 Å². The number of aromatic nitrogens is 4. The molecule has 0 spiro atoms. The predicted molar refractivity (Wildman–Crippen MR) is 69.2 cm³/mol. The zero-order chi connectivity index (χ0) is 12.3. The van der Waals surface area contributed by atoms with Gasteiger partial charge in [0.15, 0.2) is 0 Å². The molecule has 0 saturated heterocycles. The number of halogens is 2. The van der Waals surface area contributed by atoms with Gasteiger partial charge in [0, 0.05) is 15.3 Å². The second-order valence-electron chi connectivity index (χ2n) is 4.13. The van der Waals surface area contributed by atoms with E-state index in [0.29, 0.717) is 0 Å². The van der Waals surface area contributed by atoms with Crippen molar-refractivity contribution in [3.63, 3.8) is 0 Å². The van der Waals surface area contributed by atoms with Crippen molar-refractivity contribution >= 4 is 0 Å². The Kier molecular flexibility index (Phi) is 11.4. The van der Waals surface area contributed by atoms with Gasteiger partial charge in [0.25, 0.3) is 11.6 Å². The Morgan fingerprint density at radius 1 is 0.895 bits per heavy atom. The lowest BCUT2D eigenvalue weighted by atomic mass is 10.7. The Labute approximate surface area is 121 Å². The first-order valence-electron chi connectivity index (χ1n) is 5.38. The molecule has 0 aromatic carbocycles. The number of imidazole rings is 2. The molecule has 0 amide bonds. The van der Waals surface area contributed by atoms with Crippen molar-refractivity contribution in [2.24, 2.45) is 28.2 Å². The van der Waals surface area contributed by atoms with E-state index in [1.54, 1.807) is 0 Å². The normalized spacial score (nSPS) is 8.32. The third kappa shape index (κ3) is 5.85. The summed E-state index contributed by atoms with van der Waals surface area (Å²) < 4.78 is 8.33. The van der Waals surface area contributed by atoms with Crippen molar-refractivity contribution in [2.75, 3.05) is 0 Å². The molecule has 5 nitrogen and oxygen atoms in total. The van der Waals surface area contributed by atoms with Crippen LogP contribution in [0.2, 0.25) is 0 Å². The first-order chi connectivity index (χ1) is 7.43. The molecule has 19 heavy (non-hydrogen) atoms. The summed E-state index contributed by atoms with van der Waals surface area (Å²) in [6.45, 7) is 4.17. The highest BCUT2D eigenvalue weighted by Crippen LogP contribution is 1.84. The van der Waals surface area contributed by atoms with E-state index in [4.69, 9.17) is 0 Å². The van der Waals surface area contributed by atoms with Gasteiger partial charge in [-0.1, -0.05) is 0 Å². The maximum atomic E-state index is 2.08. The van der Waals surface area contributed by atoms with E-state index < -0.39 is 0 Å². The third-order valence-corrected chi connectivity index (χ3v) is 3.07. The molecule has 2 aromatic rings. The maximum Gasteiger partial charge on any atom is 0.252 e. The molecule has 0 fully saturated rings. The van der Waals surface area contributed by atoms with Crippen LogP contribution in [0, 0.1) is 13.8 Å². The van der Waals surface area contributed by atoms with Crippen LogP contribution in [0.25, 0.3) is 0 Å². The minimum Gasteiger partial charge on any atom is -1.00 e. The van der Waals surface area contributed by atoms with E-state index in [0.717, 1.165) is 0 Å². The minimum atomic E-state index is 0. The van der Waals surface area contributed by atoms with Crippen LogP contribution in [0.1, 0.15) is 13.1 Å². The molecule has 0 radical (unpaired) electrons. The second kappa shape index (κ2) is 9.52. The second-order valence-corrected chi connectivity index (χ2v) is 4.13. The highest BCUT2D eigenvalue weighted by atomic mass is 35.5. The fraction of sp³-hybridized carbons (Fsp3) is 0.500. The van der Waals surface area contributed by atoms with Crippen molar-refractivity contribution in [1.29, 1.82) is 0 Å². The summed E-state index contributed by atoms with van der Waals surface area (Å²) in [4.78, 5) is 0. The number of aryl methyl sites for hydroxylation is 4. The average molecular weight is 299 g/mol. The van der Waals surface area contributed by atoms with Crippen molar-refractivity contribution < 1.29 is 33.1 Å². The van der Waals surface area contributed by atoms with Gasteiger partial charge in [-0.2, -0.15) is 0 Å². The molecule has 114 valence electrons. The molecule has 1 N–H and O–H groups in total. The Morgan fingerprint density at radius 3 is 1.21 bits per heavy atom. The first kappa shape index (κ1) is 22.8. The topological polar surface area (TPSA) is 47.6 Å². The molecule has 0 aliphatic carbocycles. The van der Waals surface area contributed by atoms with Crippen molar-refractivity contribution in [3.8, 4) is 0 Å². The largest absolute Gasteiger partial charge is 1.00 e. The number of nitrogens with zero attached hydrogens (tertiary/aromatic N) is 4. The van der Waals surface area contributed by atoms with Gasteiger partial charge in [0.05, 0.1) is 28.2 Å². The molecule has 0 unspecified atom stereocenters. The zero-order valence-electron chi connectivity index (χ0n) is 12.3. The van der Waals surface area contributed by atoms with Crippen LogP contribution in [0.4, 0.5) is 4.70 Å².